The normalized spacial score (nSPS) is 18.4. The second kappa shape index (κ2) is 5.21. The van der Waals surface area contributed by atoms with Crippen LogP contribution in [0.5, 0.6) is 0 Å². The van der Waals surface area contributed by atoms with E-state index in [1.807, 2.05) is 11.3 Å². The largest absolute Gasteiger partial charge is 0.378 e. The van der Waals surface area contributed by atoms with E-state index in [0.29, 0.717) is 6.04 Å². The summed E-state index contributed by atoms with van der Waals surface area (Å²) in [6.45, 7) is 2.18. The van der Waals surface area contributed by atoms with E-state index in [0.717, 1.165) is 0 Å². The molecule has 0 saturated carbocycles. The highest BCUT2D eigenvalue weighted by Crippen LogP contribution is 2.36. The molecule has 0 spiro atoms. The van der Waals surface area contributed by atoms with E-state index in [1.54, 1.807) is 4.88 Å². The molecule has 94 valence electrons. The van der Waals surface area contributed by atoms with Crippen LogP contribution in [0, 0.1) is 10.5 Å². The van der Waals surface area contributed by atoms with Gasteiger partial charge in [0.05, 0.1) is 6.04 Å². The molecule has 0 radical (unpaired) electrons. The van der Waals surface area contributed by atoms with Crippen LogP contribution in [0.3, 0.4) is 0 Å². The van der Waals surface area contributed by atoms with Gasteiger partial charge in [-0.25, -0.2) is 0 Å². The molecule has 0 aliphatic heterocycles. The number of thiophene rings is 1. The topological polar surface area (TPSA) is 12.0 Å². The van der Waals surface area contributed by atoms with Gasteiger partial charge in [-0.15, -0.1) is 11.3 Å². The van der Waals surface area contributed by atoms with Crippen LogP contribution in [-0.4, -0.2) is 0 Å². The molecule has 0 saturated heterocycles. The molecule has 1 heterocycles. The highest BCUT2D eigenvalue weighted by Gasteiger charge is 2.21. The molecule has 0 amide bonds. The van der Waals surface area contributed by atoms with Crippen molar-refractivity contribution in [2.75, 3.05) is 5.32 Å². The van der Waals surface area contributed by atoms with E-state index in [4.69, 9.17) is 0 Å². The fourth-order valence-electron chi connectivity index (χ4n) is 2.57. The lowest BCUT2D eigenvalue weighted by Gasteiger charge is -2.25. The summed E-state index contributed by atoms with van der Waals surface area (Å²) in [6.07, 6.45) is 3.80. The molecular formula is C15H16INS. The first kappa shape index (κ1) is 12.5. The summed E-state index contributed by atoms with van der Waals surface area (Å²) in [5, 5.41) is 5.96. The maximum atomic E-state index is 3.73. The summed E-state index contributed by atoms with van der Waals surface area (Å²) in [7, 11) is 0. The number of nitrogens with one attached hydrogen (secondary N) is 1. The standard InChI is InChI=1S/C15H16INS/c1-10-5-6-11(16)9-14(10)17-13-3-2-4-15-12(13)7-8-18-15/h5-9,13,17H,2-4H2,1H3. The predicted octanol–water partition coefficient (Wildman–Crippen LogP) is 5.15. The van der Waals surface area contributed by atoms with Crippen molar-refractivity contribution < 1.29 is 0 Å². The molecule has 1 atom stereocenters. The minimum absolute atomic E-state index is 0.497. The molecule has 1 nitrogen and oxygen atoms in total. The van der Waals surface area contributed by atoms with Crippen molar-refractivity contribution in [3.63, 3.8) is 0 Å². The van der Waals surface area contributed by atoms with Crippen LogP contribution in [0.4, 0.5) is 5.69 Å². The maximum absolute atomic E-state index is 3.73. The number of aryl methyl sites for hydroxylation is 2. The first-order valence-corrected chi connectivity index (χ1v) is 8.29. The van der Waals surface area contributed by atoms with Crippen LogP contribution in [0.15, 0.2) is 29.6 Å². The molecule has 1 aliphatic carbocycles. The number of benzene rings is 1. The Morgan fingerprint density at radius 1 is 1.33 bits per heavy atom. The molecule has 1 unspecified atom stereocenters. The van der Waals surface area contributed by atoms with E-state index in [9.17, 15) is 0 Å². The average Bonchev–Trinajstić information content (AvgIpc) is 2.83. The number of halogens is 1. The SMILES string of the molecule is Cc1ccc(I)cc1NC1CCCc2sccc21. The maximum Gasteiger partial charge on any atom is 0.0525 e. The number of rotatable bonds is 2. The van der Waals surface area contributed by atoms with Gasteiger partial charge in [-0.3, -0.25) is 0 Å². The van der Waals surface area contributed by atoms with Gasteiger partial charge in [-0.1, -0.05) is 6.07 Å². The van der Waals surface area contributed by atoms with E-state index in [-0.39, 0.29) is 0 Å². The molecule has 0 bridgehead atoms. The summed E-state index contributed by atoms with van der Waals surface area (Å²) in [5.41, 5.74) is 4.13. The minimum Gasteiger partial charge on any atom is -0.378 e. The van der Waals surface area contributed by atoms with E-state index in [2.05, 4.69) is 64.5 Å². The van der Waals surface area contributed by atoms with Gasteiger partial charge in [0.25, 0.3) is 0 Å². The third-order valence-corrected chi connectivity index (χ3v) is 5.25. The van der Waals surface area contributed by atoms with Gasteiger partial charge in [0, 0.05) is 14.1 Å². The third-order valence-electron chi connectivity index (χ3n) is 3.58. The quantitative estimate of drug-likeness (QED) is 0.722. The molecule has 1 N–H and O–H groups in total. The van der Waals surface area contributed by atoms with Gasteiger partial charge in [0.2, 0.25) is 0 Å². The van der Waals surface area contributed by atoms with Gasteiger partial charge >= 0.3 is 0 Å². The highest BCUT2D eigenvalue weighted by molar-refractivity contribution is 14.1. The van der Waals surface area contributed by atoms with Crippen LogP contribution in [0.2, 0.25) is 0 Å². The molecule has 3 rings (SSSR count). The number of anilines is 1. The Bertz CT molecular complexity index is 561. The Hall–Kier alpha value is -0.550. The molecule has 18 heavy (non-hydrogen) atoms. The zero-order chi connectivity index (χ0) is 12.5. The smallest absolute Gasteiger partial charge is 0.0525 e. The Morgan fingerprint density at radius 2 is 2.22 bits per heavy atom. The minimum atomic E-state index is 0.497. The second-order valence-electron chi connectivity index (χ2n) is 4.85. The van der Waals surface area contributed by atoms with Crippen molar-refractivity contribution in [2.24, 2.45) is 0 Å². The van der Waals surface area contributed by atoms with Crippen molar-refractivity contribution in [1.29, 1.82) is 0 Å². The molecule has 1 aromatic carbocycles. The van der Waals surface area contributed by atoms with Crippen molar-refractivity contribution >= 4 is 39.6 Å². The van der Waals surface area contributed by atoms with Gasteiger partial charge < -0.3 is 5.32 Å². The molecule has 2 aromatic rings. The molecular weight excluding hydrogens is 353 g/mol. The average molecular weight is 369 g/mol. The Morgan fingerprint density at radius 3 is 3.11 bits per heavy atom. The number of hydrogen-bond donors (Lipinski definition) is 1. The summed E-state index contributed by atoms with van der Waals surface area (Å²) < 4.78 is 1.29. The summed E-state index contributed by atoms with van der Waals surface area (Å²) >= 11 is 4.28. The van der Waals surface area contributed by atoms with Crippen molar-refractivity contribution in [3.05, 3.63) is 49.2 Å². The molecule has 1 aliphatic rings. The fraction of sp³-hybridized carbons (Fsp3) is 0.333. The number of fused-ring (bicyclic) bond motifs is 1. The van der Waals surface area contributed by atoms with Crippen molar-refractivity contribution in [3.8, 4) is 0 Å². The van der Waals surface area contributed by atoms with Crippen molar-refractivity contribution in [1.82, 2.24) is 0 Å². The Labute approximate surface area is 126 Å². The summed E-state index contributed by atoms with van der Waals surface area (Å²) in [6, 6.07) is 9.40. The highest BCUT2D eigenvalue weighted by atomic mass is 127. The molecule has 1 aromatic heterocycles. The van der Waals surface area contributed by atoms with Crippen LogP contribution in [-0.2, 0) is 6.42 Å². The van der Waals surface area contributed by atoms with E-state index < -0.39 is 0 Å². The zero-order valence-corrected chi connectivity index (χ0v) is 13.3. The van der Waals surface area contributed by atoms with Gasteiger partial charge in [-0.2, -0.15) is 0 Å². The monoisotopic (exact) mass is 369 g/mol. The molecule has 3 heteroatoms. The van der Waals surface area contributed by atoms with Crippen LogP contribution in [0.25, 0.3) is 0 Å². The van der Waals surface area contributed by atoms with Gasteiger partial charge in [0.1, 0.15) is 0 Å². The summed E-state index contributed by atoms with van der Waals surface area (Å²) in [5.74, 6) is 0. The fourth-order valence-corrected chi connectivity index (χ4v) is 4.05. The third kappa shape index (κ3) is 2.43. The first-order valence-electron chi connectivity index (χ1n) is 6.33. The first-order chi connectivity index (χ1) is 8.74. The van der Waals surface area contributed by atoms with E-state index in [1.165, 1.54) is 39.6 Å². The van der Waals surface area contributed by atoms with Crippen LogP contribution < -0.4 is 5.32 Å². The van der Waals surface area contributed by atoms with Gasteiger partial charge in [-0.05, 0) is 83.5 Å². The lowest BCUT2D eigenvalue weighted by atomic mass is 9.93. The Balaban J connectivity index is 1.88. The van der Waals surface area contributed by atoms with Crippen molar-refractivity contribution in [2.45, 2.75) is 32.2 Å². The number of hydrogen-bond acceptors (Lipinski definition) is 2. The van der Waals surface area contributed by atoms with Crippen LogP contribution >= 0.6 is 33.9 Å². The lowest BCUT2D eigenvalue weighted by molar-refractivity contribution is 0.608. The van der Waals surface area contributed by atoms with E-state index >= 15 is 0 Å². The Kier molecular flexibility index (Phi) is 3.61. The molecule has 0 fully saturated rings. The lowest BCUT2D eigenvalue weighted by Crippen LogP contribution is -2.16. The predicted molar refractivity (Wildman–Crippen MR) is 87.5 cm³/mol. The zero-order valence-electron chi connectivity index (χ0n) is 10.4. The van der Waals surface area contributed by atoms with Crippen LogP contribution in [0.1, 0.15) is 34.9 Å². The van der Waals surface area contributed by atoms with Gasteiger partial charge in [0.15, 0.2) is 0 Å². The second-order valence-corrected chi connectivity index (χ2v) is 7.09. The summed E-state index contributed by atoms with van der Waals surface area (Å²) in [4.78, 5) is 1.57.